The van der Waals surface area contributed by atoms with Crippen LogP contribution in [-0.4, -0.2) is 38.2 Å². The van der Waals surface area contributed by atoms with Crippen molar-refractivity contribution in [1.29, 1.82) is 0 Å². The molecule has 0 bridgehead atoms. The van der Waals surface area contributed by atoms with Crippen molar-refractivity contribution in [3.8, 4) is 0 Å². The van der Waals surface area contributed by atoms with Crippen LogP contribution in [0.2, 0.25) is 0 Å². The molecule has 2 aromatic rings. The van der Waals surface area contributed by atoms with Crippen LogP contribution < -0.4 is 0 Å². The van der Waals surface area contributed by atoms with Gasteiger partial charge in [-0.05, 0) is 11.1 Å². The number of ether oxygens (including phenoxy) is 1. The Kier molecular flexibility index (Phi) is 6.65. The average Bonchev–Trinajstić information content (AvgIpc) is 2.72. The molecule has 1 saturated heterocycles. The minimum atomic E-state index is -3.80. The molecular formula is C20H22N2O5S. The van der Waals surface area contributed by atoms with Gasteiger partial charge in [0.15, 0.2) is 0 Å². The van der Waals surface area contributed by atoms with Crippen LogP contribution in [0.5, 0.6) is 0 Å². The molecule has 0 unspecified atom stereocenters. The molecule has 148 valence electrons. The Morgan fingerprint density at radius 1 is 0.929 bits per heavy atom. The van der Waals surface area contributed by atoms with Gasteiger partial charge in [0.05, 0.1) is 5.71 Å². The zero-order valence-corrected chi connectivity index (χ0v) is 16.2. The van der Waals surface area contributed by atoms with Gasteiger partial charge in [-0.1, -0.05) is 65.8 Å². The molecule has 2 aromatic carbocycles. The van der Waals surface area contributed by atoms with Crippen molar-refractivity contribution >= 4 is 21.9 Å². The summed E-state index contributed by atoms with van der Waals surface area (Å²) in [6, 6.07) is 18.2. The Morgan fingerprint density at radius 2 is 1.50 bits per heavy atom. The molecule has 0 aliphatic carbocycles. The summed E-state index contributed by atoms with van der Waals surface area (Å²) in [6.45, 7) is 1.04. The van der Waals surface area contributed by atoms with Crippen molar-refractivity contribution in [1.82, 2.24) is 4.90 Å². The smallest absolute Gasteiger partial charge is 0.410 e. The lowest BCUT2D eigenvalue weighted by Gasteiger charge is -2.26. The Balaban J connectivity index is 1.44. The number of piperidine rings is 1. The van der Waals surface area contributed by atoms with Gasteiger partial charge in [0, 0.05) is 25.9 Å². The predicted molar refractivity (Wildman–Crippen MR) is 105 cm³/mol. The van der Waals surface area contributed by atoms with E-state index >= 15 is 0 Å². The molecule has 0 aromatic heterocycles. The number of rotatable bonds is 6. The van der Waals surface area contributed by atoms with E-state index in [0.29, 0.717) is 37.2 Å². The molecule has 1 heterocycles. The maximum atomic E-state index is 12.1. The van der Waals surface area contributed by atoms with Gasteiger partial charge in [-0.2, -0.15) is 8.42 Å². The molecule has 0 radical (unpaired) electrons. The monoisotopic (exact) mass is 402 g/mol. The molecule has 0 spiro atoms. The van der Waals surface area contributed by atoms with E-state index in [9.17, 15) is 13.2 Å². The maximum absolute atomic E-state index is 12.1. The summed E-state index contributed by atoms with van der Waals surface area (Å²) in [4.78, 5) is 13.7. The van der Waals surface area contributed by atoms with E-state index in [0.717, 1.165) is 5.56 Å². The fraction of sp³-hybridized carbons (Fsp3) is 0.300. The molecule has 0 N–H and O–H groups in total. The number of hydrogen-bond donors (Lipinski definition) is 0. The van der Waals surface area contributed by atoms with Crippen molar-refractivity contribution in [2.45, 2.75) is 25.2 Å². The maximum Gasteiger partial charge on any atom is 0.410 e. The predicted octanol–water partition coefficient (Wildman–Crippen LogP) is 3.32. The average molecular weight is 402 g/mol. The van der Waals surface area contributed by atoms with Crippen LogP contribution in [0.3, 0.4) is 0 Å². The highest BCUT2D eigenvalue weighted by atomic mass is 32.2. The fourth-order valence-electron chi connectivity index (χ4n) is 2.76. The number of hydrogen-bond acceptors (Lipinski definition) is 6. The van der Waals surface area contributed by atoms with E-state index in [1.165, 1.54) is 0 Å². The van der Waals surface area contributed by atoms with E-state index in [4.69, 9.17) is 9.02 Å². The van der Waals surface area contributed by atoms with E-state index in [1.54, 1.807) is 29.2 Å². The SMILES string of the molecule is O=C(OCc1ccccc1)N1CCC(=NOS(=O)(=O)Cc2ccccc2)CC1. The first-order valence-electron chi connectivity index (χ1n) is 8.98. The van der Waals surface area contributed by atoms with Crippen molar-refractivity contribution in [2.24, 2.45) is 5.16 Å². The topological polar surface area (TPSA) is 85.3 Å². The lowest BCUT2D eigenvalue weighted by Crippen LogP contribution is -2.39. The number of amides is 1. The normalized spacial score (nSPS) is 14.4. The van der Waals surface area contributed by atoms with Crippen LogP contribution >= 0.6 is 0 Å². The van der Waals surface area contributed by atoms with Gasteiger partial charge in [-0.25, -0.2) is 4.79 Å². The Hall–Kier alpha value is -2.87. The van der Waals surface area contributed by atoms with E-state index < -0.39 is 10.1 Å². The lowest BCUT2D eigenvalue weighted by atomic mass is 10.1. The molecule has 0 atom stereocenters. The second-order valence-electron chi connectivity index (χ2n) is 6.45. The Bertz CT molecular complexity index is 904. The van der Waals surface area contributed by atoms with Gasteiger partial charge in [0.2, 0.25) is 0 Å². The molecule has 28 heavy (non-hydrogen) atoms. The van der Waals surface area contributed by atoms with E-state index in [2.05, 4.69) is 5.16 Å². The third kappa shape index (κ3) is 6.09. The molecular weight excluding hydrogens is 380 g/mol. The summed E-state index contributed by atoms with van der Waals surface area (Å²) in [5.74, 6) is -0.234. The van der Waals surface area contributed by atoms with Crippen molar-refractivity contribution < 1.29 is 22.2 Å². The van der Waals surface area contributed by atoms with Gasteiger partial charge in [-0.15, -0.1) is 0 Å². The summed E-state index contributed by atoms with van der Waals surface area (Å²) >= 11 is 0. The van der Waals surface area contributed by atoms with Gasteiger partial charge in [0.25, 0.3) is 0 Å². The van der Waals surface area contributed by atoms with Crippen LogP contribution in [0.4, 0.5) is 4.79 Å². The molecule has 1 aliphatic rings. The molecule has 1 fully saturated rings. The summed E-state index contributed by atoms with van der Waals surface area (Å²) < 4.78 is 34.1. The minimum absolute atomic E-state index is 0.220. The first kappa shape index (κ1) is 19.9. The van der Waals surface area contributed by atoms with E-state index in [-0.39, 0.29) is 18.5 Å². The number of carbonyl (C=O) groups excluding carboxylic acids is 1. The van der Waals surface area contributed by atoms with Crippen molar-refractivity contribution in [3.05, 3.63) is 71.8 Å². The van der Waals surface area contributed by atoms with Gasteiger partial charge in [0.1, 0.15) is 12.4 Å². The lowest BCUT2D eigenvalue weighted by molar-refractivity contribution is 0.0957. The third-order valence-electron chi connectivity index (χ3n) is 4.27. The second-order valence-corrected chi connectivity index (χ2v) is 8.00. The van der Waals surface area contributed by atoms with Crippen molar-refractivity contribution in [2.75, 3.05) is 13.1 Å². The Labute approximate surface area is 164 Å². The number of oxime groups is 1. The first-order chi connectivity index (χ1) is 13.5. The largest absolute Gasteiger partial charge is 0.445 e. The van der Waals surface area contributed by atoms with Gasteiger partial charge in [-0.3, -0.25) is 4.28 Å². The quantitative estimate of drug-likeness (QED) is 0.692. The van der Waals surface area contributed by atoms with Gasteiger partial charge < -0.3 is 9.64 Å². The summed E-state index contributed by atoms with van der Waals surface area (Å²) in [5.41, 5.74) is 2.18. The van der Waals surface area contributed by atoms with Crippen LogP contribution in [0, 0.1) is 0 Å². The van der Waals surface area contributed by atoms with Crippen molar-refractivity contribution in [3.63, 3.8) is 0 Å². The molecule has 3 rings (SSSR count). The number of likely N-dealkylation sites (tertiary alicyclic amines) is 1. The summed E-state index contributed by atoms with van der Waals surface area (Å²) in [7, 11) is -3.80. The molecule has 7 nitrogen and oxygen atoms in total. The van der Waals surface area contributed by atoms with Crippen LogP contribution in [0.1, 0.15) is 24.0 Å². The number of carbonyl (C=O) groups is 1. The first-order valence-corrected chi connectivity index (χ1v) is 10.6. The molecule has 0 saturated carbocycles. The van der Waals surface area contributed by atoms with E-state index in [1.807, 2.05) is 36.4 Å². The molecule has 1 amide bonds. The second kappa shape index (κ2) is 9.36. The zero-order valence-electron chi connectivity index (χ0n) is 15.4. The van der Waals surface area contributed by atoms with Gasteiger partial charge >= 0.3 is 16.2 Å². The highest BCUT2D eigenvalue weighted by Crippen LogP contribution is 2.13. The van der Waals surface area contributed by atoms with Crippen LogP contribution in [-0.2, 0) is 31.5 Å². The standard InChI is InChI=1S/C20H22N2O5S/c23-20(26-15-17-7-3-1-4-8-17)22-13-11-19(12-14-22)21-27-28(24,25)16-18-9-5-2-6-10-18/h1-10H,11-16H2. The highest BCUT2D eigenvalue weighted by Gasteiger charge is 2.22. The Morgan fingerprint density at radius 3 is 2.11 bits per heavy atom. The minimum Gasteiger partial charge on any atom is -0.445 e. The fourth-order valence-corrected chi connectivity index (χ4v) is 3.64. The van der Waals surface area contributed by atoms with Crippen LogP contribution in [0.15, 0.2) is 65.8 Å². The third-order valence-corrected chi connectivity index (χ3v) is 5.26. The summed E-state index contributed by atoms with van der Waals surface area (Å²) in [5, 5.41) is 3.79. The van der Waals surface area contributed by atoms with Crippen LogP contribution in [0.25, 0.3) is 0 Å². The molecule has 1 aliphatic heterocycles. The number of benzene rings is 2. The zero-order chi connectivity index (χ0) is 19.8. The highest BCUT2D eigenvalue weighted by molar-refractivity contribution is 7.85. The number of nitrogens with zero attached hydrogens (tertiary/aromatic N) is 2. The summed E-state index contributed by atoms with van der Waals surface area (Å²) in [6.07, 6.45) is 0.503. The molecule has 8 heteroatoms.